The maximum atomic E-state index is 14.0. The monoisotopic (exact) mass is 246 g/mol. The first-order valence-electron chi connectivity index (χ1n) is 6.49. The zero-order chi connectivity index (χ0) is 13.1. The molecule has 0 radical (unpaired) electrons. The van der Waals surface area contributed by atoms with E-state index in [9.17, 15) is 4.39 Å². The number of nitrogens with zero attached hydrogens (tertiary/aromatic N) is 1. The number of anilines is 1. The van der Waals surface area contributed by atoms with Crippen molar-refractivity contribution in [2.75, 3.05) is 11.9 Å². The lowest BCUT2D eigenvalue weighted by atomic mass is 10.1. The number of halogens is 1. The molecule has 96 valence electrons. The maximum Gasteiger partial charge on any atom is 0.149 e. The highest BCUT2D eigenvalue weighted by Gasteiger charge is 2.09. The zero-order valence-corrected chi connectivity index (χ0v) is 11.2. The van der Waals surface area contributed by atoms with E-state index in [-0.39, 0.29) is 5.82 Å². The summed E-state index contributed by atoms with van der Waals surface area (Å²) in [6.07, 6.45) is 1.85. The number of hydrogen-bond acceptors (Lipinski definition) is 2. The van der Waals surface area contributed by atoms with E-state index >= 15 is 0 Å². The van der Waals surface area contributed by atoms with Crippen LogP contribution in [0, 0.1) is 12.7 Å². The first-order chi connectivity index (χ1) is 8.65. The lowest BCUT2D eigenvalue weighted by molar-refractivity contribution is 0.635. The molecule has 1 aromatic heterocycles. The van der Waals surface area contributed by atoms with Gasteiger partial charge >= 0.3 is 0 Å². The lowest BCUT2D eigenvalue weighted by Gasteiger charge is -2.12. The van der Waals surface area contributed by atoms with E-state index in [0.717, 1.165) is 41.7 Å². The number of hydrogen-bond donors (Lipinski definition) is 1. The van der Waals surface area contributed by atoms with Crippen molar-refractivity contribution in [1.82, 2.24) is 4.98 Å². The number of pyridine rings is 1. The largest absolute Gasteiger partial charge is 0.384 e. The van der Waals surface area contributed by atoms with Gasteiger partial charge in [-0.05, 0) is 43.5 Å². The fraction of sp³-hybridized carbons (Fsp3) is 0.400. The van der Waals surface area contributed by atoms with E-state index in [1.54, 1.807) is 6.07 Å². The van der Waals surface area contributed by atoms with Crippen LogP contribution in [-0.2, 0) is 6.42 Å². The minimum absolute atomic E-state index is 0.236. The van der Waals surface area contributed by atoms with Gasteiger partial charge in [0.2, 0.25) is 0 Å². The Morgan fingerprint density at radius 1 is 1.22 bits per heavy atom. The molecule has 3 heteroatoms. The molecule has 0 spiro atoms. The Bertz CT molecular complexity index is 564. The molecule has 0 bridgehead atoms. The normalized spacial score (nSPS) is 10.9. The molecule has 0 saturated carbocycles. The van der Waals surface area contributed by atoms with E-state index in [0.29, 0.717) is 5.52 Å². The van der Waals surface area contributed by atoms with Crippen molar-refractivity contribution in [1.29, 1.82) is 0 Å². The van der Waals surface area contributed by atoms with Crippen molar-refractivity contribution in [3.8, 4) is 0 Å². The van der Waals surface area contributed by atoms with Crippen LogP contribution < -0.4 is 5.32 Å². The molecule has 1 aromatic carbocycles. The molecule has 0 unspecified atom stereocenters. The number of aryl methyl sites for hydroxylation is 2. The summed E-state index contributed by atoms with van der Waals surface area (Å²) >= 11 is 0. The Hall–Kier alpha value is -1.64. The highest BCUT2D eigenvalue weighted by Crippen LogP contribution is 2.27. The van der Waals surface area contributed by atoms with Crippen LogP contribution in [0.5, 0.6) is 0 Å². The molecule has 1 heterocycles. The number of nitrogens with one attached hydrogen (secondary N) is 1. The van der Waals surface area contributed by atoms with Crippen molar-refractivity contribution in [2.24, 2.45) is 0 Å². The number of benzene rings is 1. The van der Waals surface area contributed by atoms with Crippen LogP contribution in [-0.4, -0.2) is 11.5 Å². The summed E-state index contributed by atoms with van der Waals surface area (Å²) in [5.74, 6) is -0.236. The summed E-state index contributed by atoms with van der Waals surface area (Å²) in [4.78, 5) is 4.39. The summed E-state index contributed by atoms with van der Waals surface area (Å²) in [5, 5.41) is 4.23. The fourth-order valence-corrected chi connectivity index (χ4v) is 2.06. The lowest BCUT2D eigenvalue weighted by Crippen LogP contribution is -2.03. The summed E-state index contributed by atoms with van der Waals surface area (Å²) in [7, 11) is 0. The van der Waals surface area contributed by atoms with E-state index in [2.05, 4.69) is 17.2 Å². The second-order valence-electron chi connectivity index (χ2n) is 4.58. The molecule has 0 amide bonds. The standard InChI is InChI=1S/C15H19FN2/c1-4-6-17-14-9-11(5-2)18-15-12(14)7-10(3)8-13(15)16/h7-9H,4-6H2,1-3H3,(H,17,18). The number of rotatable bonds is 4. The molecular formula is C15H19FN2. The molecule has 18 heavy (non-hydrogen) atoms. The zero-order valence-electron chi connectivity index (χ0n) is 11.2. The second kappa shape index (κ2) is 5.34. The van der Waals surface area contributed by atoms with Crippen LogP contribution in [0.15, 0.2) is 18.2 Å². The third-order valence-corrected chi connectivity index (χ3v) is 2.99. The molecule has 0 aliphatic rings. The van der Waals surface area contributed by atoms with Crippen molar-refractivity contribution in [3.63, 3.8) is 0 Å². The van der Waals surface area contributed by atoms with Crippen LogP contribution in [0.4, 0.5) is 10.1 Å². The van der Waals surface area contributed by atoms with Crippen LogP contribution in [0.2, 0.25) is 0 Å². The highest BCUT2D eigenvalue weighted by molar-refractivity contribution is 5.92. The van der Waals surface area contributed by atoms with Gasteiger partial charge in [0.05, 0.1) is 0 Å². The van der Waals surface area contributed by atoms with Crippen LogP contribution >= 0.6 is 0 Å². The average Bonchev–Trinajstić information content (AvgIpc) is 2.36. The quantitative estimate of drug-likeness (QED) is 0.879. The van der Waals surface area contributed by atoms with Crippen molar-refractivity contribution >= 4 is 16.6 Å². The Kier molecular flexibility index (Phi) is 3.80. The van der Waals surface area contributed by atoms with Gasteiger partial charge in [-0.3, -0.25) is 0 Å². The smallest absolute Gasteiger partial charge is 0.149 e. The molecule has 2 rings (SSSR count). The number of aromatic nitrogens is 1. The first-order valence-corrected chi connectivity index (χ1v) is 6.49. The summed E-state index contributed by atoms with van der Waals surface area (Å²) in [5.41, 5.74) is 3.30. The van der Waals surface area contributed by atoms with Gasteiger partial charge < -0.3 is 5.32 Å². The van der Waals surface area contributed by atoms with Gasteiger partial charge in [0, 0.05) is 23.3 Å². The summed E-state index contributed by atoms with van der Waals surface area (Å²) in [6.45, 7) is 6.94. The first kappa shape index (κ1) is 12.8. The van der Waals surface area contributed by atoms with E-state index in [1.165, 1.54) is 0 Å². The highest BCUT2D eigenvalue weighted by atomic mass is 19.1. The Balaban J connectivity index is 2.64. The van der Waals surface area contributed by atoms with Gasteiger partial charge in [0.1, 0.15) is 11.3 Å². The van der Waals surface area contributed by atoms with E-state index in [1.807, 2.05) is 26.0 Å². The SMILES string of the molecule is CCCNc1cc(CC)nc2c(F)cc(C)cc12. The fourth-order valence-electron chi connectivity index (χ4n) is 2.06. The third kappa shape index (κ3) is 2.45. The van der Waals surface area contributed by atoms with Crippen LogP contribution in [0.3, 0.4) is 0 Å². The predicted molar refractivity (Wildman–Crippen MR) is 74.6 cm³/mol. The molecule has 1 N–H and O–H groups in total. The predicted octanol–water partition coefficient (Wildman–Crippen LogP) is 4.07. The van der Waals surface area contributed by atoms with Gasteiger partial charge in [-0.25, -0.2) is 9.37 Å². The second-order valence-corrected chi connectivity index (χ2v) is 4.58. The molecule has 0 fully saturated rings. The minimum Gasteiger partial charge on any atom is -0.384 e. The minimum atomic E-state index is -0.236. The molecule has 2 nitrogen and oxygen atoms in total. The summed E-state index contributed by atoms with van der Waals surface area (Å²) in [6, 6.07) is 5.55. The summed E-state index contributed by atoms with van der Waals surface area (Å²) < 4.78 is 14.0. The Morgan fingerprint density at radius 3 is 2.67 bits per heavy atom. The Morgan fingerprint density at radius 2 is 2.00 bits per heavy atom. The van der Waals surface area contributed by atoms with E-state index in [4.69, 9.17) is 0 Å². The van der Waals surface area contributed by atoms with E-state index < -0.39 is 0 Å². The number of fused-ring (bicyclic) bond motifs is 1. The van der Waals surface area contributed by atoms with Gasteiger partial charge in [-0.1, -0.05) is 13.8 Å². The van der Waals surface area contributed by atoms with Crippen molar-refractivity contribution < 1.29 is 4.39 Å². The van der Waals surface area contributed by atoms with Crippen LogP contribution in [0.25, 0.3) is 10.9 Å². The molecule has 0 aliphatic carbocycles. The van der Waals surface area contributed by atoms with Gasteiger partial charge in [-0.15, -0.1) is 0 Å². The molecule has 2 aromatic rings. The molecular weight excluding hydrogens is 227 g/mol. The topological polar surface area (TPSA) is 24.9 Å². The van der Waals surface area contributed by atoms with Crippen molar-refractivity contribution in [3.05, 3.63) is 35.3 Å². The molecule has 0 aliphatic heterocycles. The van der Waals surface area contributed by atoms with Crippen LogP contribution in [0.1, 0.15) is 31.5 Å². The van der Waals surface area contributed by atoms with Gasteiger partial charge in [-0.2, -0.15) is 0 Å². The van der Waals surface area contributed by atoms with Crippen molar-refractivity contribution in [2.45, 2.75) is 33.6 Å². The average molecular weight is 246 g/mol. The van der Waals surface area contributed by atoms with Gasteiger partial charge in [0.25, 0.3) is 0 Å². The van der Waals surface area contributed by atoms with Gasteiger partial charge in [0.15, 0.2) is 0 Å². The molecule has 0 atom stereocenters. The molecule has 0 saturated heterocycles. The third-order valence-electron chi connectivity index (χ3n) is 2.99. The Labute approximate surface area is 107 Å². The maximum absolute atomic E-state index is 14.0.